The van der Waals surface area contributed by atoms with E-state index in [1.807, 2.05) is 53.1 Å². The Hall–Kier alpha value is -2.97. The van der Waals surface area contributed by atoms with Crippen molar-refractivity contribution in [3.05, 3.63) is 83.1 Å². The molecule has 0 saturated carbocycles. The number of nitrogens with zero attached hydrogens (tertiary/aromatic N) is 4. The maximum Gasteiger partial charge on any atom is 0.196 e. The molecule has 0 amide bonds. The zero-order chi connectivity index (χ0) is 20.9. The van der Waals surface area contributed by atoms with Crippen LogP contribution in [0.15, 0.2) is 82.7 Å². The first kappa shape index (κ1) is 20.3. The molecule has 0 fully saturated rings. The minimum atomic E-state index is -0.00724. The monoisotopic (exact) mass is 480 g/mol. The molecule has 0 aliphatic heterocycles. The van der Waals surface area contributed by atoms with Crippen molar-refractivity contribution >= 4 is 33.5 Å². The Balaban J connectivity index is 1.65. The number of pyridine rings is 1. The van der Waals surface area contributed by atoms with Gasteiger partial charge in [0, 0.05) is 33.7 Å². The van der Waals surface area contributed by atoms with Crippen LogP contribution in [-0.2, 0) is 0 Å². The first-order valence-corrected chi connectivity index (χ1v) is 10.9. The van der Waals surface area contributed by atoms with E-state index in [2.05, 4.69) is 31.1 Å². The fraction of sp³-hybridized carbons (Fsp3) is 0.0909. The lowest BCUT2D eigenvalue weighted by Gasteiger charge is -2.10. The second kappa shape index (κ2) is 9.23. The number of rotatable bonds is 7. The lowest BCUT2D eigenvalue weighted by molar-refractivity contribution is 0.102. The van der Waals surface area contributed by atoms with Crippen molar-refractivity contribution in [1.82, 2.24) is 19.7 Å². The van der Waals surface area contributed by atoms with E-state index in [1.54, 1.807) is 31.6 Å². The first-order valence-electron chi connectivity index (χ1n) is 9.07. The normalized spacial score (nSPS) is 10.7. The Labute approximate surface area is 186 Å². The van der Waals surface area contributed by atoms with E-state index in [4.69, 9.17) is 4.74 Å². The first-order chi connectivity index (χ1) is 14.7. The third-order valence-corrected chi connectivity index (χ3v) is 5.82. The summed E-state index contributed by atoms with van der Waals surface area (Å²) in [5.41, 5.74) is 2.35. The topological polar surface area (TPSA) is 69.9 Å². The van der Waals surface area contributed by atoms with E-state index in [0.717, 1.165) is 15.7 Å². The van der Waals surface area contributed by atoms with Gasteiger partial charge in [-0.25, -0.2) is 0 Å². The third-order valence-electron chi connectivity index (χ3n) is 4.36. The highest BCUT2D eigenvalue weighted by molar-refractivity contribution is 9.10. The Bertz CT molecular complexity index is 1160. The lowest BCUT2D eigenvalue weighted by Crippen LogP contribution is -2.05. The zero-order valence-electron chi connectivity index (χ0n) is 16.0. The van der Waals surface area contributed by atoms with E-state index in [-0.39, 0.29) is 11.5 Å². The number of hydrogen-bond acceptors (Lipinski definition) is 6. The van der Waals surface area contributed by atoms with Crippen LogP contribution in [0.4, 0.5) is 0 Å². The number of carbonyl (C=O) groups excluding carboxylic acids is 1. The van der Waals surface area contributed by atoms with Crippen molar-refractivity contribution in [2.75, 3.05) is 12.9 Å². The molecule has 2 aromatic heterocycles. The standard InChI is InChI=1S/C22H17BrN4O2S/c1-29-19-6-2-4-15(12-19)20(28)14-30-22-26-25-21(16-5-3-11-24-13-16)27(22)18-9-7-17(23)8-10-18/h2-13H,14H2,1H3. The van der Waals surface area contributed by atoms with Crippen molar-refractivity contribution < 1.29 is 9.53 Å². The molecular formula is C22H17BrN4O2S. The predicted molar refractivity (Wildman–Crippen MR) is 120 cm³/mol. The Kier molecular flexibility index (Phi) is 6.25. The molecule has 0 aliphatic carbocycles. The molecule has 4 rings (SSSR count). The fourth-order valence-electron chi connectivity index (χ4n) is 2.88. The van der Waals surface area contributed by atoms with Gasteiger partial charge in [0.1, 0.15) is 5.75 Å². The average molecular weight is 481 g/mol. The molecule has 30 heavy (non-hydrogen) atoms. The van der Waals surface area contributed by atoms with E-state index >= 15 is 0 Å². The number of carbonyl (C=O) groups is 1. The van der Waals surface area contributed by atoms with Crippen molar-refractivity contribution in [1.29, 1.82) is 0 Å². The minimum Gasteiger partial charge on any atom is -0.497 e. The number of hydrogen-bond donors (Lipinski definition) is 0. The molecule has 4 aromatic rings. The number of benzene rings is 2. The summed E-state index contributed by atoms with van der Waals surface area (Å²) in [5.74, 6) is 1.55. The summed E-state index contributed by atoms with van der Waals surface area (Å²) in [6.45, 7) is 0. The van der Waals surface area contributed by atoms with Crippen LogP contribution < -0.4 is 4.74 Å². The van der Waals surface area contributed by atoms with Crippen LogP contribution in [0.1, 0.15) is 10.4 Å². The van der Waals surface area contributed by atoms with E-state index in [0.29, 0.717) is 22.3 Å². The molecule has 0 N–H and O–H groups in total. The molecule has 8 heteroatoms. The van der Waals surface area contributed by atoms with Gasteiger partial charge in [-0.2, -0.15) is 0 Å². The maximum atomic E-state index is 12.7. The lowest BCUT2D eigenvalue weighted by atomic mass is 10.1. The van der Waals surface area contributed by atoms with Crippen LogP contribution in [-0.4, -0.2) is 38.4 Å². The molecule has 2 aromatic carbocycles. The molecule has 0 spiro atoms. The van der Waals surface area contributed by atoms with Crippen molar-refractivity contribution in [3.63, 3.8) is 0 Å². The zero-order valence-corrected chi connectivity index (χ0v) is 18.4. The van der Waals surface area contributed by atoms with Gasteiger partial charge in [-0.05, 0) is 48.5 Å². The van der Waals surface area contributed by atoms with Gasteiger partial charge >= 0.3 is 0 Å². The predicted octanol–water partition coefficient (Wildman–Crippen LogP) is 5.08. The number of halogens is 1. The number of thioether (sulfide) groups is 1. The smallest absolute Gasteiger partial charge is 0.196 e. The summed E-state index contributed by atoms with van der Waals surface area (Å²) in [5, 5.41) is 9.35. The van der Waals surface area contributed by atoms with E-state index < -0.39 is 0 Å². The second-order valence-corrected chi connectivity index (χ2v) is 8.16. The van der Waals surface area contributed by atoms with E-state index in [9.17, 15) is 4.79 Å². The number of ketones is 1. The van der Waals surface area contributed by atoms with Gasteiger partial charge in [-0.3, -0.25) is 14.3 Å². The maximum absolute atomic E-state index is 12.7. The van der Waals surface area contributed by atoms with Gasteiger partial charge in [0.15, 0.2) is 16.8 Å². The molecule has 0 atom stereocenters. The highest BCUT2D eigenvalue weighted by Crippen LogP contribution is 2.29. The van der Waals surface area contributed by atoms with Crippen LogP contribution in [0.25, 0.3) is 17.1 Å². The Morgan fingerprint density at radius 3 is 2.67 bits per heavy atom. The van der Waals surface area contributed by atoms with Crippen LogP contribution in [0, 0.1) is 0 Å². The Morgan fingerprint density at radius 1 is 1.10 bits per heavy atom. The summed E-state index contributed by atoms with van der Waals surface area (Å²) < 4.78 is 8.13. The van der Waals surface area contributed by atoms with Crippen LogP contribution in [0.2, 0.25) is 0 Å². The Morgan fingerprint density at radius 2 is 1.93 bits per heavy atom. The number of methoxy groups -OCH3 is 1. The fourth-order valence-corrected chi connectivity index (χ4v) is 3.99. The molecule has 2 heterocycles. The molecule has 0 bridgehead atoms. The SMILES string of the molecule is COc1cccc(C(=O)CSc2nnc(-c3cccnc3)n2-c2ccc(Br)cc2)c1. The second-order valence-electron chi connectivity index (χ2n) is 6.30. The van der Waals surface area contributed by atoms with Gasteiger partial charge in [0.25, 0.3) is 0 Å². The van der Waals surface area contributed by atoms with Gasteiger partial charge in [-0.1, -0.05) is 39.8 Å². The van der Waals surface area contributed by atoms with Crippen LogP contribution >= 0.6 is 27.7 Å². The van der Waals surface area contributed by atoms with Crippen LogP contribution in [0.3, 0.4) is 0 Å². The summed E-state index contributed by atoms with van der Waals surface area (Å²) in [4.78, 5) is 16.9. The molecule has 0 radical (unpaired) electrons. The molecular weight excluding hydrogens is 464 g/mol. The third kappa shape index (κ3) is 4.44. The van der Waals surface area contributed by atoms with Gasteiger partial charge in [0.05, 0.1) is 12.9 Å². The molecule has 150 valence electrons. The van der Waals surface area contributed by atoms with Crippen molar-refractivity contribution in [2.45, 2.75) is 5.16 Å². The summed E-state index contributed by atoms with van der Waals surface area (Å²) in [7, 11) is 1.58. The summed E-state index contributed by atoms with van der Waals surface area (Å²) in [6.07, 6.45) is 3.46. The highest BCUT2D eigenvalue weighted by atomic mass is 79.9. The molecule has 0 unspecified atom stereocenters. The van der Waals surface area contributed by atoms with E-state index in [1.165, 1.54) is 11.8 Å². The minimum absolute atomic E-state index is 0.00724. The number of Topliss-reactive ketones (excluding diaryl/α,β-unsaturated/α-hetero) is 1. The quantitative estimate of drug-likeness (QED) is 0.271. The molecule has 0 aliphatic rings. The van der Waals surface area contributed by atoms with Gasteiger partial charge < -0.3 is 4.74 Å². The molecule has 0 saturated heterocycles. The van der Waals surface area contributed by atoms with Crippen LogP contribution in [0.5, 0.6) is 5.75 Å². The summed E-state index contributed by atoms with van der Waals surface area (Å²) >= 11 is 4.81. The summed E-state index contributed by atoms with van der Waals surface area (Å²) in [6, 6.07) is 18.8. The van der Waals surface area contributed by atoms with Gasteiger partial charge in [-0.15, -0.1) is 10.2 Å². The number of aromatic nitrogens is 4. The molecule has 6 nitrogen and oxygen atoms in total. The highest BCUT2D eigenvalue weighted by Gasteiger charge is 2.18. The van der Waals surface area contributed by atoms with Crippen molar-refractivity contribution in [2.24, 2.45) is 0 Å². The van der Waals surface area contributed by atoms with Gasteiger partial charge in [0.2, 0.25) is 0 Å². The largest absolute Gasteiger partial charge is 0.497 e. The number of ether oxygens (including phenoxy) is 1. The average Bonchev–Trinajstić information content (AvgIpc) is 3.22. The van der Waals surface area contributed by atoms with Crippen molar-refractivity contribution in [3.8, 4) is 22.8 Å².